The topological polar surface area (TPSA) is 85.3 Å². The quantitative estimate of drug-likeness (QED) is 0.232. The summed E-state index contributed by atoms with van der Waals surface area (Å²) < 4.78 is 20.3. The van der Waals surface area contributed by atoms with E-state index in [-0.39, 0.29) is 11.3 Å². The minimum Gasteiger partial charge on any atom is -0.508 e. The van der Waals surface area contributed by atoms with Crippen molar-refractivity contribution in [2.45, 2.75) is 17.8 Å². The fourth-order valence-corrected chi connectivity index (χ4v) is 4.71. The second-order valence-electron chi connectivity index (χ2n) is 7.49. The fourth-order valence-electron chi connectivity index (χ4n) is 3.70. The summed E-state index contributed by atoms with van der Waals surface area (Å²) in [4.78, 5) is 30.2. The van der Waals surface area contributed by atoms with Gasteiger partial charge in [-0.2, -0.15) is 0 Å². The van der Waals surface area contributed by atoms with Crippen molar-refractivity contribution in [3.63, 3.8) is 0 Å². The number of para-hydroxylation sites is 1. The summed E-state index contributed by atoms with van der Waals surface area (Å²) in [6.07, 6.45) is 0. The van der Waals surface area contributed by atoms with Gasteiger partial charge in [-0.1, -0.05) is 23.9 Å². The lowest BCUT2D eigenvalue weighted by Gasteiger charge is -2.14. The van der Waals surface area contributed by atoms with Crippen LogP contribution in [0.15, 0.2) is 85.9 Å². The largest absolute Gasteiger partial charge is 0.508 e. The minimum absolute atomic E-state index is 0.0387. The molecular weight excluding hydrogens is 443 g/mol. The first kappa shape index (κ1) is 21.0. The van der Waals surface area contributed by atoms with Gasteiger partial charge < -0.3 is 9.52 Å². The number of hydrogen-bond acceptors (Lipinski definition) is 6. The third-order valence-electron chi connectivity index (χ3n) is 5.40. The molecule has 0 aliphatic heterocycles. The van der Waals surface area contributed by atoms with Crippen LogP contribution in [0, 0.1) is 12.7 Å². The summed E-state index contributed by atoms with van der Waals surface area (Å²) in [6, 6.07) is 17.3. The van der Waals surface area contributed by atoms with E-state index >= 15 is 0 Å². The van der Waals surface area contributed by atoms with Crippen LogP contribution in [0.4, 0.5) is 4.39 Å². The number of aryl methyl sites for hydroxylation is 1. The second-order valence-corrected chi connectivity index (χ2v) is 8.44. The molecule has 0 spiro atoms. The number of benzene rings is 3. The maximum Gasteiger partial charge on any atom is 0.336 e. The third-order valence-corrected chi connectivity index (χ3v) is 6.39. The summed E-state index contributed by atoms with van der Waals surface area (Å²) in [5.41, 5.74) is 1.70. The molecule has 8 heteroatoms. The molecule has 0 unspecified atom stereocenters. The van der Waals surface area contributed by atoms with Crippen molar-refractivity contribution in [1.82, 2.24) is 9.55 Å². The molecule has 0 aliphatic carbocycles. The zero-order valence-electron chi connectivity index (χ0n) is 17.4. The van der Waals surface area contributed by atoms with E-state index in [2.05, 4.69) is 4.98 Å². The Balaban J connectivity index is 1.65. The van der Waals surface area contributed by atoms with Crippen LogP contribution in [-0.4, -0.2) is 14.7 Å². The van der Waals surface area contributed by atoms with E-state index in [0.29, 0.717) is 49.6 Å². The summed E-state index contributed by atoms with van der Waals surface area (Å²) in [5.74, 6) is -0.0502. The molecule has 0 amide bonds. The molecule has 3 aromatic carbocycles. The van der Waals surface area contributed by atoms with Crippen LogP contribution in [0.5, 0.6) is 5.75 Å². The number of halogens is 1. The molecule has 2 heterocycles. The molecule has 0 fully saturated rings. The lowest BCUT2D eigenvalue weighted by atomic mass is 10.1. The molecular formula is C25H17FN2O4S. The van der Waals surface area contributed by atoms with Crippen LogP contribution in [0.2, 0.25) is 0 Å². The van der Waals surface area contributed by atoms with Crippen LogP contribution in [0.25, 0.3) is 27.6 Å². The van der Waals surface area contributed by atoms with Gasteiger partial charge in [-0.3, -0.25) is 9.36 Å². The molecule has 6 nitrogen and oxygen atoms in total. The van der Waals surface area contributed by atoms with Gasteiger partial charge in [-0.15, -0.1) is 0 Å². The molecule has 0 radical (unpaired) electrons. The SMILES string of the molecule is Cc1c(O)ccc2c(CSc3nc4ccccc4c(=O)n3-c3ccc(F)cc3)cc(=O)oc12. The summed E-state index contributed by atoms with van der Waals surface area (Å²) in [6.45, 7) is 1.68. The molecule has 0 saturated heterocycles. The van der Waals surface area contributed by atoms with Crippen molar-refractivity contribution in [3.05, 3.63) is 104 Å². The number of phenols is 1. The predicted octanol–water partition coefficient (Wildman–Crippen LogP) is 4.94. The molecule has 1 N–H and O–H groups in total. The molecule has 2 aromatic heterocycles. The summed E-state index contributed by atoms with van der Waals surface area (Å²) in [7, 11) is 0. The van der Waals surface area contributed by atoms with Gasteiger partial charge in [-0.25, -0.2) is 14.2 Å². The number of aromatic nitrogens is 2. The zero-order chi connectivity index (χ0) is 23.1. The van der Waals surface area contributed by atoms with E-state index in [1.165, 1.54) is 46.7 Å². The van der Waals surface area contributed by atoms with Gasteiger partial charge in [0, 0.05) is 22.8 Å². The third kappa shape index (κ3) is 3.78. The molecule has 164 valence electrons. The highest BCUT2D eigenvalue weighted by molar-refractivity contribution is 7.98. The predicted molar refractivity (Wildman–Crippen MR) is 126 cm³/mol. The van der Waals surface area contributed by atoms with Gasteiger partial charge in [0.2, 0.25) is 0 Å². The maximum atomic E-state index is 13.5. The monoisotopic (exact) mass is 460 g/mol. The first-order valence-electron chi connectivity index (χ1n) is 10.1. The number of rotatable bonds is 4. The lowest BCUT2D eigenvalue weighted by Crippen LogP contribution is -2.21. The van der Waals surface area contributed by atoms with Gasteiger partial charge in [0.15, 0.2) is 5.16 Å². The highest BCUT2D eigenvalue weighted by Gasteiger charge is 2.16. The number of thioether (sulfide) groups is 1. The van der Waals surface area contributed by atoms with Gasteiger partial charge in [-0.05, 0) is 61.0 Å². The van der Waals surface area contributed by atoms with E-state index in [9.17, 15) is 19.1 Å². The Morgan fingerprint density at radius 3 is 2.58 bits per heavy atom. The van der Waals surface area contributed by atoms with Crippen molar-refractivity contribution in [3.8, 4) is 11.4 Å². The lowest BCUT2D eigenvalue weighted by molar-refractivity contribution is 0.468. The van der Waals surface area contributed by atoms with Crippen LogP contribution in [0.1, 0.15) is 11.1 Å². The van der Waals surface area contributed by atoms with Gasteiger partial charge >= 0.3 is 5.63 Å². The van der Waals surface area contributed by atoms with Crippen molar-refractivity contribution in [2.24, 2.45) is 0 Å². The fraction of sp³-hybridized carbons (Fsp3) is 0.0800. The van der Waals surface area contributed by atoms with Gasteiger partial charge in [0.05, 0.1) is 16.6 Å². The number of phenolic OH excluding ortho intramolecular Hbond substituents is 1. The highest BCUT2D eigenvalue weighted by Crippen LogP contribution is 2.31. The smallest absolute Gasteiger partial charge is 0.336 e. The molecule has 0 atom stereocenters. The van der Waals surface area contributed by atoms with Gasteiger partial charge in [0.1, 0.15) is 17.1 Å². The Bertz CT molecular complexity index is 1640. The molecule has 0 aliphatic rings. The number of aromatic hydroxyl groups is 1. The Morgan fingerprint density at radius 2 is 1.79 bits per heavy atom. The second kappa shape index (κ2) is 8.22. The first-order valence-corrected chi connectivity index (χ1v) is 11.1. The van der Waals surface area contributed by atoms with Gasteiger partial charge in [0.25, 0.3) is 5.56 Å². The van der Waals surface area contributed by atoms with Crippen LogP contribution < -0.4 is 11.2 Å². The standard InChI is InChI=1S/C25H17FN2O4S/c1-14-21(29)11-10-18-15(12-22(30)32-23(14)18)13-33-25-27-20-5-3-2-4-19(20)24(31)28(25)17-8-6-16(26)7-9-17/h2-12,29H,13H2,1H3. The zero-order valence-corrected chi connectivity index (χ0v) is 18.2. The molecule has 0 saturated carbocycles. The Hall–Kier alpha value is -3.91. The van der Waals surface area contributed by atoms with E-state index in [1.807, 2.05) is 0 Å². The molecule has 0 bridgehead atoms. The van der Waals surface area contributed by atoms with E-state index in [0.717, 1.165) is 0 Å². The van der Waals surface area contributed by atoms with Crippen LogP contribution in [-0.2, 0) is 5.75 Å². The Morgan fingerprint density at radius 1 is 1.03 bits per heavy atom. The van der Waals surface area contributed by atoms with Crippen molar-refractivity contribution >= 4 is 33.6 Å². The van der Waals surface area contributed by atoms with Crippen LogP contribution >= 0.6 is 11.8 Å². The van der Waals surface area contributed by atoms with Crippen molar-refractivity contribution in [1.29, 1.82) is 0 Å². The van der Waals surface area contributed by atoms with E-state index in [1.54, 1.807) is 43.3 Å². The summed E-state index contributed by atoms with van der Waals surface area (Å²) in [5, 5.41) is 11.5. The summed E-state index contributed by atoms with van der Waals surface area (Å²) >= 11 is 1.28. The normalized spacial score (nSPS) is 11.3. The van der Waals surface area contributed by atoms with Crippen LogP contribution in [0.3, 0.4) is 0 Å². The van der Waals surface area contributed by atoms with E-state index in [4.69, 9.17) is 4.42 Å². The molecule has 33 heavy (non-hydrogen) atoms. The first-order chi connectivity index (χ1) is 15.9. The van der Waals surface area contributed by atoms with Crippen molar-refractivity contribution < 1.29 is 13.9 Å². The molecule has 5 aromatic rings. The number of hydrogen-bond donors (Lipinski definition) is 1. The minimum atomic E-state index is -0.533. The highest BCUT2D eigenvalue weighted by atomic mass is 32.2. The maximum absolute atomic E-state index is 13.5. The number of fused-ring (bicyclic) bond motifs is 2. The average Bonchev–Trinajstić information content (AvgIpc) is 2.81. The average molecular weight is 460 g/mol. The van der Waals surface area contributed by atoms with E-state index < -0.39 is 11.4 Å². The molecule has 5 rings (SSSR count). The van der Waals surface area contributed by atoms with Crippen molar-refractivity contribution in [2.75, 3.05) is 0 Å². The number of nitrogens with zero attached hydrogens (tertiary/aromatic N) is 2. The Labute approximate surface area is 190 Å². The Kier molecular flexibility index (Phi) is 5.22.